The summed E-state index contributed by atoms with van der Waals surface area (Å²) in [5.74, 6) is 0. The van der Waals surface area contributed by atoms with Crippen molar-refractivity contribution in [3.8, 4) is 0 Å². The molecule has 6 heteroatoms. The molecule has 0 aliphatic carbocycles. The normalized spacial score (nSPS) is 15.8. The van der Waals surface area contributed by atoms with Gasteiger partial charge in [-0.3, -0.25) is 5.43 Å². The van der Waals surface area contributed by atoms with Crippen LogP contribution in [0, 0.1) is 0 Å². The van der Waals surface area contributed by atoms with E-state index < -0.39 is 0 Å². The maximum atomic E-state index is 5.38. The van der Waals surface area contributed by atoms with Gasteiger partial charge in [0, 0.05) is 24.8 Å². The molecule has 22 heavy (non-hydrogen) atoms. The highest BCUT2D eigenvalue weighted by atomic mass is 32.1. The summed E-state index contributed by atoms with van der Waals surface area (Å²) >= 11 is 5.16. The van der Waals surface area contributed by atoms with Crippen LogP contribution in [0.15, 0.2) is 29.4 Å². The van der Waals surface area contributed by atoms with Crippen LogP contribution in [0.4, 0.5) is 5.69 Å². The molecule has 1 heterocycles. The average molecular weight is 320 g/mol. The van der Waals surface area contributed by atoms with Gasteiger partial charge in [-0.25, -0.2) is 0 Å². The Morgan fingerprint density at radius 3 is 2.45 bits per heavy atom. The molecule has 120 valence electrons. The lowest BCUT2D eigenvalue weighted by molar-refractivity contribution is 0.122. The number of hydrogen-bond acceptors (Lipinski definition) is 4. The molecule has 0 saturated carbocycles. The van der Waals surface area contributed by atoms with Crippen molar-refractivity contribution in [1.82, 2.24) is 10.7 Å². The van der Waals surface area contributed by atoms with Gasteiger partial charge >= 0.3 is 0 Å². The van der Waals surface area contributed by atoms with Gasteiger partial charge in [-0.05, 0) is 50.7 Å². The molecule has 5 nitrogen and oxygen atoms in total. The maximum absolute atomic E-state index is 5.38. The number of benzene rings is 1. The second-order valence-corrected chi connectivity index (χ2v) is 5.99. The van der Waals surface area contributed by atoms with Crippen molar-refractivity contribution < 1.29 is 4.74 Å². The van der Waals surface area contributed by atoms with Crippen LogP contribution >= 0.6 is 12.2 Å². The molecule has 1 saturated heterocycles. The molecule has 2 rings (SSSR count). The van der Waals surface area contributed by atoms with Gasteiger partial charge in [0.1, 0.15) is 0 Å². The highest BCUT2D eigenvalue weighted by Crippen LogP contribution is 2.16. The number of thiocarbonyl (C=S) groups is 1. The van der Waals surface area contributed by atoms with Crippen LogP contribution in [0.2, 0.25) is 0 Å². The van der Waals surface area contributed by atoms with E-state index >= 15 is 0 Å². The number of rotatable bonds is 4. The van der Waals surface area contributed by atoms with Crippen LogP contribution in [-0.2, 0) is 4.74 Å². The number of nitrogens with zero attached hydrogens (tertiary/aromatic N) is 2. The molecule has 0 bridgehead atoms. The second-order valence-electron chi connectivity index (χ2n) is 5.58. The van der Waals surface area contributed by atoms with Crippen molar-refractivity contribution in [1.29, 1.82) is 0 Å². The Bertz CT molecular complexity index is 521. The Hall–Kier alpha value is -1.66. The summed E-state index contributed by atoms with van der Waals surface area (Å²) in [5.41, 5.74) is 6.08. The van der Waals surface area contributed by atoms with Gasteiger partial charge in [-0.15, -0.1) is 0 Å². The van der Waals surface area contributed by atoms with Crippen LogP contribution < -0.4 is 15.6 Å². The third kappa shape index (κ3) is 4.96. The Kier molecular flexibility index (Phi) is 6.15. The number of ether oxygens (including phenoxy) is 1. The average Bonchev–Trinajstić information content (AvgIpc) is 2.53. The molecule has 0 aromatic heterocycles. The highest BCUT2D eigenvalue weighted by Gasteiger charge is 2.11. The first-order valence-electron chi connectivity index (χ1n) is 7.60. The maximum Gasteiger partial charge on any atom is 0.187 e. The number of nitrogens with one attached hydrogen (secondary N) is 2. The molecule has 1 aliphatic rings. The summed E-state index contributed by atoms with van der Waals surface area (Å²) in [5, 5.41) is 7.96. The van der Waals surface area contributed by atoms with Crippen molar-refractivity contribution >= 4 is 28.7 Å². The summed E-state index contributed by atoms with van der Waals surface area (Å²) in [4.78, 5) is 2.33. The Morgan fingerprint density at radius 2 is 1.86 bits per heavy atom. The predicted molar refractivity (Wildman–Crippen MR) is 95.7 cm³/mol. The van der Waals surface area contributed by atoms with Gasteiger partial charge < -0.3 is 15.0 Å². The standard InChI is InChI=1S/C16H24N4OS/c1-12(2)17-16(22)19-18-13(3)14-4-6-15(7-5-14)20-8-10-21-11-9-20/h4-7,12H,8-11H2,1-3H3,(H2,17,19,22)/b18-13-. The van der Waals surface area contributed by atoms with Crippen molar-refractivity contribution in [2.45, 2.75) is 26.8 Å². The number of hydrazone groups is 1. The molecular weight excluding hydrogens is 296 g/mol. The molecule has 1 aromatic carbocycles. The predicted octanol–water partition coefficient (Wildman–Crippen LogP) is 2.12. The van der Waals surface area contributed by atoms with E-state index in [-0.39, 0.29) is 0 Å². The van der Waals surface area contributed by atoms with Gasteiger partial charge in [0.2, 0.25) is 0 Å². The fraction of sp³-hybridized carbons (Fsp3) is 0.500. The monoisotopic (exact) mass is 320 g/mol. The highest BCUT2D eigenvalue weighted by molar-refractivity contribution is 7.80. The fourth-order valence-corrected chi connectivity index (χ4v) is 2.51. The van der Waals surface area contributed by atoms with Crippen molar-refractivity contribution in [3.63, 3.8) is 0 Å². The summed E-state index contributed by atoms with van der Waals surface area (Å²) in [7, 11) is 0. The molecule has 1 fully saturated rings. The van der Waals surface area contributed by atoms with Crippen LogP contribution in [0.5, 0.6) is 0 Å². The van der Waals surface area contributed by atoms with E-state index in [1.54, 1.807) is 0 Å². The van der Waals surface area contributed by atoms with Crippen LogP contribution in [0.3, 0.4) is 0 Å². The van der Waals surface area contributed by atoms with E-state index in [2.05, 4.69) is 45.0 Å². The molecule has 1 aliphatic heterocycles. The lowest BCUT2D eigenvalue weighted by Gasteiger charge is -2.28. The molecule has 0 unspecified atom stereocenters. The van der Waals surface area contributed by atoms with E-state index in [1.807, 2.05) is 20.8 Å². The first-order chi connectivity index (χ1) is 10.6. The van der Waals surface area contributed by atoms with E-state index in [9.17, 15) is 0 Å². The fourth-order valence-electron chi connectivity index (χ4n) is 2.23. The molecule has 0 radical (unpaired) electrons. The quantitative estimate of drug-likeness (QED) is 0.506. The third-order valence-electron chi connectivity index (χ3n) is 3.41. The van der Waals surface area contributed by atoms with Crippen molar-refractivity contribution in [2.75, 3.05) is 31.2 Å². The summed E-state index contributed by atoms with van der Waals surface area (Å²) in [6, 6.07) is 8.73. The van der Waals surface area contributed by atoms with Gasteiger partial charge in [-0.2, -0.15) is 5.10 Å². The molecule has 1 aromatic rings. The van der Waals surface area contributed by atoms with Crippen LogP contribution in [-0.4, -0.2) is 43.2 Å². The molecule has 0 amide bonds. The van der Waals surface area contributed by atoms with Gasteiger partial charge in [-0.1, -0.05) is 12.1 Å². The SMILES string of the molecule is C/C(=N/NC(=S)NC(C)C)c1ccc(N2CCOCC2)cc1. The lowest BCUT2D eigenvalue weighted by Crippen LogP contribution is -2.37. The minimum Gasteiger partial charge on any atom is -0.378 e. The minimum absolute atomic E-state index is 0.295. The topological polar surface area (TPSA) is 48.9 Å². The van der Waals surface area contributed by atoms with E-state index in [0.717, 1.165) is 37.6 Å². The number of hydrogen-bond donors (Lipinski definition) is 2. The Labute approximate surface area is 137 Å². The largest absolute Gasteiger partial charge is 0.378 e. The molecule has 0 atom stereocenters. The summed E-state index contributed by atoms with van der Waals surface area (Å²) < 4.78 is 5.38. The zero-order valence-electron chi connectivity index (χ0n) is 13.4. The number of morpholine rings is 1. The smallest absolute Gasteiger partial charge is 0.187 e. The minimum atomic E-state index is 0.295. The van der Waals surface area contributed by atoms with Gasteiger partial charge in [0.15, 0.2) is 5.11 Å². The zero-order chi connectivity index (χ0) is 15.9. The van der Waals surface area contributed by atoms with Crippen LogP contribution in [0.25, 0.3) is 0 Å². The Balaban J connectivity index is 1.95. The third-order valence-corrected chi connectivity index (χ3v) is 3.62. The van der Waals surface area contributed by atoms with E-state index in [1.165, 1.54) is 5.69 Å². The molecule has 2 N–H and O–H groups in total. The molecule has 0 spiro atoms. The van der Waals surface area contributed by atoms with E-state index in [4.69, 9.17) is 17.0 Å². The van der Waals surface area contributed by atoms with Gasteiger partial charge in [0.25, 0.3) is 0 Å². The second kappa shape index (κ2) is 8.10. The zero-order valence-corrected chi connectivity index (χ0v) is 14.2. The summed E-state index contributed by atoms with van der Waals surface area (Å²) in [6.45, 7) is 9.53. The molecular formula is C16H24N4OS. The van der Waals surface area contributed by atoms with Crippen LogP contribution in [0.1, 0.15) is 26.3 Å². The summed E-state index contributed by atoms with van der Waals surface area (Å²) in [6.07, 6.45) is 0. The number of anilines is 1. The van der Waals surface area contributed by atoms with Crippen molar-refractivity contribution in [2.24, 2.45) is 5.10 Å². The first kappa shape index (κ1) is 16.7. The lowest BCUT2D eigenvalue weighted by atomic mass is 10.1. The van der Waals surface area contributed by atoms with Gasteiger partial charge in [0.05, 0.1) is 18.9 Å². The first-order valence-corrected chi connectivity index (χ1v) is 8.01. The van der Waals surface area contributed by atoms with Crippen molar-refractivity contribution in [3.05, 3.63) is 29.8 Å². The van der Waals surface area contributed by atoms with E-state index in [0.29, 0.717) is 11.2 Å². The Morgan fingerprint density at radius 1 is 1.23 bits per heavy atom.